The highest BCUT2D eigenvalue weighted by Gasteiger charge is 2.33. The van der Waals surface area contributed by atoms with Crippen molar-refractivity contribution in [2.45, 2.75) is 11.1 Å². The Balaban J connectivity index is 3.05. The van der Waals surface area contributed by atoms with Crippen LogP contribution < -0.4 is 0 Å². The van der Waals surface area contributed by atoms with Gasteiger partial charge >= 0.3 is 6.18 Å². The number of nitrogens with zero attached hydrogens (tertiary/aromatic N) is 1. The lowest BCUT2D eigenvalue weighted by atomic mass is 10.2. The second kappa shape index (κ2) is 7.56. The fraction of sp³-hybridized carbons (Fsp3) is 0.417. The molecule has 0 heterocycles. The van der Waals surface area contributed by atoms with Crippen LogP contribution in [-0.2, 0) is 0 Å². The van der Waals surface area contributed by atoms with Gasteiger partial charge in [0.25, 0.3) is 5.91 Å². The number of carbonyl (C=O) groups is 1. The van der Waals surface area contributed by atoms with Crippen molar-refractivity contribution in [3.8, 4) is 0 Å². The molecule has 0 aliphatic rings. The zero-order valence-electron chi connectivity index (χ0n) is 10.5. The first kappa shape index (κ1) is 17.7. The van der Waals surface area contributed by atoms with Gasteiger partial charge in [-0.3, -0.25) is 4.79 Å². The van der Waals surface area contributed by atoms with Crippen LogP contribution in [0, 0.1) is 0 Å². The molecular weight excluding hydrogens is 379 g/mol. The van der Waals surface area contributed by atoms with Crippen LogP contribution >= 0.6 is 39.3 Å². The second-order valence-electron chi connectivity index (χ2n) is 3.88. The summed E-state index contributed by atoms with van der Waals surface area (Å²) in [6, 6.07) is 4.73. The number of halogens is 5. The monoisotopic (exact) mass is 389 g/mol. The third-order valence-electron chi connectivity index (χ3n) is 2.42. The largest absolute Gasteiger partial charge is 0.406 e. The van der Waals surface area contributed by atoms with E-state index in [2.05, 4.69) is 15.9 Å². The number of hydrogen-bond donors (Lipinski definition) is 0. The fourth-order valence-corrected chi connectivity index (χ4v) is 2.60. The van der Waals surface area contributed by atoms with Gasteiger partial charge in [0.1, 0.15) is 6.54 Å². The Morgan fingerprint density at radius 3 is 2.60 bits per heavy atom. The van der Waals surface area contributed by atoms with E-state index in [1.54, 1.807) is 6.07 Å². The average molecular weight is 391 g/mol. The van der Waals surface area contributed by atoms with Gasteiger partial charge in [-0.25, -0.2) is 0 Å². The van der Waals surface area contributed by atoms with E-state index < -0.39 is 18.6 Å². The minimum Gasteiger partial charge on any atom is -0.329 e. The summed E-state index contributed by atoms with van der Waals surface area (Å²) in [5.41, 5.74) is 0.0868. The van der Waals surface area contributed by atoms with Crippen LogP contribution in [0.25, 0.3) is 0 Å². The molecule has 0 spiro atoms. The zero-order chi connectivity index (χ0) is 15.3. The number of thioether (sulfide) groups is 1. The van der Waals surface area contributed by atoms with Gasteiger partial charge in [0.15, 0.2) is 0 Å². The summed E-state index contributed by atoms with van der Waals surface area (Å²) in [5.74, 6) is -0.720. The minimum absolute atomic E-state index is 0.0435. The molecule has 0 atom stereocenters. The quantitative estimate of drug-likeness (QED) is 0.546. The van der Waals surface area contributed by atoms with Crippen molar-refractivity contribution in [1.82, 2.24) is 4.90 Å². The Bertz CT molecular complexity index is 484. The summed E-state index contributed by atoms with van der Waals surface area (Å²) >= 11 is 10.3. The minimum atomic E-state index is -4.44. The van der Waals surface area contributed by atoms with Crippen molar-refractivity contribution in [2.75, 3.05) is 24.7 Å². The van der Waals surface area contributed by atoms with Crippen molar-refractivity contribution in [1.29, 1.82) is 0 Å². The van der Waals surface area contributed by atoms with Crippen LogP contribution in [0.4, 0.5) is 13.2 Å². The highest BCUT2D eigenvalue weighted by molar-refractivity contribution is 9.09. The number of hydrogen-bond acceptors (Lipinski definition) is 2. The van der Waals surface area contributed by atoms with Gasteiger partial charge < -0.3 is 4.90 Å². The molecule has 0 aliphatic carbocycles. The highest BCUT2D eigenvalue weighted by atomic mass is 79.9. The van der Waals surface area contributed by atoms with Crippen molar-refractivity contribution in [2.24, 2.45) is 0 Å². The molecule has 0 saturated heterocycles. The Labute approximate surface area is 132 Å². The normalized spacial score (nSPS) is 11.5. The SMILES string of the molecule is CSc1ccc(Cl)c(C(=O)N(CCBr)CC(F)(F)F)c1. The molecule has 1 aromatic carbocycles. The van der Waals surface area contributed by atoms with E-state index in [-0.39, 0.29) is 22.5 Å². The average Bonchev–Trinajstić information content (AvgIpc) is 2.36. The van der Waals surface area contributed by atoms with Crippen LogP contribution in [0.3, 0.4) is 0 Å². The van der Waals surface area contributed by atoms with E-state index in [4.69, 9.17) is 11.6 Å². The summed E-state index contributed by atoms with van der Waals surface area (Å²) in [4.78, 5) is 13.7. The van der Waals surface area contributed by atoms with Gasteiger partial charge in [0, 0.05) is 16.8 Å². The summed E-state index contributed by atoms with van der Waals surface area (Å²) < 4.78 is 37.5. The maximum atomic E-state index is 12.5. The highest BCUT2D eigenvalue weighted by Crippen LogP contribution is 2.25. The maximum Gasteiger partial charge on any atom is 0.406 e. The lowest BCUT2D eigenvalue weighted by Crippen LogP contribution is -2.40. The standard InChI is InChI=1S/C12H12BrClF3NOS/c1-20-8-2-3-10(14)9(6-8)11(19)18(5-4-13)7-12(15,16)17/h2-3,6H,4-5,7H2,1H3. The first-order chi connectivity index (χ1) is 9.28. The molecule has 2 nitrogen and oxygen atoms in total. The Morgan fingerprint density at radius 2 is 2.10 bits per heavy atom. The van der Waals surface area contributed by atoms with Crippen LogP contribution in [-0.4, -0.2) is 41.7 Å². The molecule has 112 valence electrons. The molecular formula is C12H12BrClF3NOS. The summed E-state index contributed by atoms with van der Waals surface area (Å²) in [6.45, 7) is -1.34. The first-order valence-electron chi connectivity index (χ1n) is 5.54. The van der Waals surface area contributed by atoms with Crippen LogP contribution in [0.1, 0.15) is 10.4 Å². The molecule has 0 aromatic heterocycles. The van der Waals surface area contributed by atoms with Gasteiger partial charge in [-0.2, -0.15) is 13.2 Å². The molecule has 0 bridgehead atoms. The fourth-order valence-electron chi connectivity index (χ4n) is 1.54. The molecule has 1 amide bonds. The maximum absolute atomic E-state index is 12.5. The van der Waals surface area contributed by atoms with E-state index in [0.717, 1.165) is 9.80 Å². The van der Waals surface area contributed by atoms with Gasteiger partial charge in [-0.05, 0) is 24.5 Å². The van der Waals surface area contributed by atoms with Crippen LogP contribution in [0.2, 0.25) is 5.02 Å². The topological polar surface area (TPSA) is 20.3 Å². The Morgan fingerprint density at radius 1 is 1.45 bits per heavy atom. The number of alkyl halides is 4. The second-order valence-corrected chi connectivity index (χ2v) is 5.96. The molecule has 0 unspecified atom stereocenters. The Hall–Kier alpha value is -0.400. The molecule has 0 N–H and O–H groups in total. The number of rotatable bonds is 5. The van der Waals surface area contributed by atoms with Crippen LogP contribution in [0.15, 0.2) is 23.1 Å². The van der Waals surface area contributed by atoms with E-state index in [9.17, 15) is 18.0 Å². The van der Waals surface area contributed by atoms with E-state index in [0.29, 0.717) is 0 Å². The van der Waals surface area contributed by atoms with Gasteiger partial charge in [0.05, 0.1) is 10.6 Å². The number of benzene rings is 1. The van der Waals surface area contributed by atoms with Crippen molar-refractivity contribution < 1.29 is 18.0 Å². The predicted octanol–water partition coefficient (Wildman–Crippen LogP) is 4.46. The van der Waals surface area contributed by atoms with Crippen molar-refractivity contribution in [3.63, 3.8) is 0 Å². The summed E-state index contributed by atoms with van der Waals surface area (Å²) in [6.07, 6.45) is -2.63. The number of carbonyl (C=O) groups excluding carboxylic acids is 1. The lowest BCUT2D eigenvalue weighted by molar-refractivity contribution is -0.140. The van der Waals surface area contributed by atoms with Crippen LogP contribution in [0.5, 0.6) is 0 Å². The molecule has 1 aromatic rings. The van der Waals surface area contributed by atoms with E-state index >= 15 is 0 Å². The third kappa shape index (κ3) is 5.18. The van der Waals surface area contributed by atoms with E-state index in [1.807, 2.05) is 6.26 Å². The van der Waals surface area contributed by atoms with Gasteiger partial charge in [-0.15, -0.1) is 11.8 Å². The molecule has 0 saturated carbocycles. The van der Waals surface area contributed by atoms with Gasteiger partial charge in [-0.1, -0.05) is 27.5 Å². The third-order valence-corrected chi connectivity index (χ3v) is 3.83. The smallest absolute Gasteiger partial charge is 0.329 e. The molecule has 0 aliphatic heterocycles. The lowest BCUT2D eigenvalue weighted by Gasteiger charge is -2.23. The molecule has 8 heteroatoms. The molecule has 20 heavy (non-hydrogen) atoms. The molecule has 0 fully saturated rings. The van der Waals surface area contributed by atoms with E-state index in [1.165, 1.54) is 23.9 Å². The first-order valence-corrected chi connectivity index (χ1v) is 8.26. The predicted molar refractivity (Wildman–Crippen MR) is 79.0 cm³/mol. The van der Waals surface area contributed by atoms with Gasteiger partial charge in [0.2, 0.25) is 0 Å². The van der Waals surface area contributed by atoms with Crippen molar-refractivity contribution >= 4 is 45.2 Å². The zero-order valence-corrected chi connectivity index (χ0v) is 13.7. The number of amides is 1. The molecule has 0 radical (unpaired) electrons. The van der Waals surface area contributed by atoms with Crippen molar-refractivity contribution in [3.05, 3.63) is 28.8 Å². The molecule has 1 rings (SSSR count). The summed E-state index contributed by atoms with van der Waals surface area (Å²) in [5, 5.41) is 0.406. The summed E-state index contributed by atoms with van der Waals surface area (Å²) in [7, 11) is 0. The Kier molecular flexibility index (Phi) is 6.68.